The molecule has 0 unspecified atom stereocenters. The van der Waals surface area contributed by atoms with E-state index in [9.17, 15) is 9.90 Å². The molecule has 3 aromatic rings. The van der Waals surface area contributed by atoms with Crippen molar-refractivity contribution >= 4 is 16.9 Å². The van der Waals surface area contributed by atoms with E-state index in [4.69, 9.17) is 0 Å². The van der Waals surface area contributed by atoms with Crippen LogP contribution in [0.1, 0.15) is 29.2 Å². The molecule has 1 amide bonds. The van der Waals surface area contributed by atoms with Gasteiger partial charge in [-0.25, -0.2) is 15.1 Å². The Morgan fingerprint density at radius 1 is 1.29 bits per heavy atom. The van der Waals surface area contributed by atoms with Crippen LogP contribution in [0.15, 0.2) is 24.3 Å². The second-order valence-corrected chi connectivity index (χ2v) is 5.73. The molecule has 9 heteroatoms. The smallest absolute Gasteiger partial charge is 0.278 e. The van der Waals surface area contributed by atoms with Gasteiger partial charge in [-0.15, -0.1) is 5.10 Å². The maximum absolute atomic E-state index is 12.9. The first-order valence-corrected chi connectivity index (χ1v) is 7.71. The van der Waals surface area contributed by atoms with E-state index < -0.39 is 0 Å². The summed E-state index contributed by atoms with van der Waals surface area (Å²) in [5.74, 6) is -0.0278. The van der Waals surface area contributed by atoms with Crippen molar-refractivity contribution < 1.29 is 9.90 Å². The minimum Gasteiger partial charge on any atom is -0.492 e. The number of rotatable bonds is 3. The summed E-state index contributed by atoms with van der Waals surface area (Å²) in [6, 6.07) is 7.10. The summed E-state index contributed by atoms with van der Waals surface area (Å²) >= 11 is 0. The Bertz CT molecular complexity index is 881. The molecule has 24 heavy (non-hydrogen) atoms. The number of nitrogens with one attached hydrogen (secondary N) is 1. The van der Waals surface area contributed by atoms with Crippen LogP contribution in [0.25, 0.3) is 11.0 Å². The van der Waals surface area contributed by atoms with E-state index in [1.807, 2.05) is 6.07 Å². The number of benzene rings is 1. The van der Waals surface area contributed by atoms with Crippen LogP contribution in [0.4, 0.5) is 0 Å². The first kappa shape index (κ1) is 14.5. The first-order valence-electron chi connectivity index (χ1n) is 7.71. The number of aromatic hydroxyl groups is 1. The Kier molecular flexibility index (Phi) is 3.52. The minimum absolute atomic E-state index is 0.0173. The third kappa shape index (κ3) is 2.53. The number of para-hydroxylation sites is 2. The van der Waals surface area contributed by atoms with Gasteiger partial charge in [-0.1, -0.05) is 12.1 Å². The number of hydrogen-bond donors (Lipinski definition) is 2. The molecule has 0 radical (unpaired) electrons. The molecule has 1 atom stereocenters. The van der Waals surface area contributed by atoms with Gasteiger partial charge in [-0.2, -0.15) is 0 Å². The average molecular weight is 325 g/mol. The summed E-state index contributed by atoms with van der Waals surface area (Å²) in [4.78, 5) is 22.9. The van der Waals surface area contributed by atoms with E-state index >= 15 is 0 Å². The quantitative estimate of drug-likeness (QED) is 0.727. The Morgan fingerprint density at radius 3 is 2.83 bits per heavy atom. The van der Waals surface area contributed by atoms with Crippen molar-refractivity contribution in [3.8, 4) is 5.88 Å². The van der Waals surface area contributed by atoms with Gasteiger partial charge in [0.1, 0.15) is 0 Å². The zero-order chi connectivity index (χ0) is 16.5. The Hall–Kier alpha value is -3.10. The third-order valence-electron chi connectivity index (χ3n) is 4.21. The summed E-state index contributed by atoms with van der Waals surface area (Å²) in [6.07, 6.45) is 2.29. The highest BCUT2D eigenvalue weighted by Crippen LogP contribution is 2.25. The third-order valence-corrected chi connectivity index (χ3v) is 4.21. The molecule has 9 nitrogen and oxygen atoms in total. The average Bonchev–Trinajstić information content (AvgIpc) is 3.26. The molecule has 1 saturated heterocycles. The van der Waals surface area contributed by atoms with Crippen molar-refractivity contribution in [3.63, 3.8) is 0 Å². The fourth-order valence-electron chi connectivity index (χ4n) is 3.07. The molecular formula is C15H15N7O2. The van der Waals surface area contributed by atoms with Crippen LogP contribution in [0.3, 0.4) is 0 Å². The van der Waals surface area contributed by atoms with Crippen molar-refractivity contribution in [1.29, 1.82) is 0 Å². The van der Waals surface area contributed by atoms with Crippen LogP contribution in [-0.4, -0.2) is 59.1 Å². The van der Waals surface area contributed by atoms with Gasteiger partial charge in [0.05, 0.1) is 11.0 Å². The second kappa shape index (κ2) is 5.84. The minimum atomic E-state index is -0.342. The molecule has 0 saturated carbocycles. The van der Waals surface area contributed by atoms with Crippen molar-refractivity contribution in [1.82, 2.24) is 35.5 Å². The number of carbonyl (C=O) groups excluding carboxylic acids is 1. The zero-order valence-electron chi connectivity index (χ0n) is 12.8. The number of likely N-dealkylation sites (tertiary alicyclic amines) is 1. The summed E-state index contributed by atoms with van der Waals surface area (Å²) < 4.78 is 0. The maximum Gasteiger partial charge on any atom is 0.278 e. The number of fused-ring (bicyclic) bond motifs is 1. The van der Waals surface area contributed by atoms with Gasteiger partial charge in [0.2, 0.25) is 5.88 Å². The molecule has 2 aromatic heterocycles. The predicted molar refractivity (Wildman–Crippen MR) is 83.1 cm³/mol. The fraction of sp³-hybridized carbons (Fsp3) is 0.333. The molecule has 2 N–H and O–H groups in total. The monoisotopic (exact) mass is 325 g/mol. The van der Waals surface area contributed by atoms with Crippen molar-refractivity contribution in [2.45, 2.75) is 25.3 Å². The predicted octanol–water partition coefficient (Wildman–Crippen LogP) is 0.696. The fourth-order valence-corrected chi connectivity index (χ4v) is 3.07. The lowest BCUT2D eigenvalue weighted by atomic mass is 10.1. The summed E-state index contributed by atoms with van der Waals surface area (Å²) in [7, 11) is 0. The number of amides is 1. The second-order valence-electron chi connectivity index (χ2n) is 5.73. The molecule has 122 valence electrons. The number of aromatic nitrogens is 6. The number of H-pyrrole nitrogens is 1. The largest absolute Gasteiger partial charge is 0.492 e. The molecule has 4 rings (SSSR count). The number of nitrogens with zero attached hydrogens (tertiary/aromatic N) is 6. The van der Waals surface area contributed by atoms with E-state index in [0.717, 1.165) is 12.8 Å². The Labute approximate surface area is 136 Å². The maximum atomic E-state index is 12.9. The molecule has 1 fully saturated rings. The van der Waals surface area contributed by atoms with Crippen molar-refractivity contribution in [3.05, 3.63) is 35.8 Å². The lowest BCUT2D eigenvalue weighted by molar-refractivity contribution is 0.0725. The van der Waals surface area contributed by atoms with Crippen molar-refractivity contribution in [2.75, 3.05) is 6.54 Å². The highest BCUT2D eigenvalue weighted by atomic mass is 16.3. The van der Waals surface area contributed by atoms with Gasteiger partial charge < -0.3 is 10.0 Å². The molecule has 1 aliphatic heterocycles. The Morgan fingerprint density at radius 2 is 2.08 bits per heavy atom. The van der Waals surface area contributed by atoms with Crippen LogP contribution in [0.5, 0.6) is 5.88 Å². The van der Waals surface area contributed by atoms with Gasteiger partial charge >= 0.3 is 0 Å². The topological polar surface area (TPSA) is 121 Å². The molecule has 0 spiro atoms. The molecule has 0 aliphatic carbocycles. The van der Waals surface area contributed by atoms with Crippen LogP contribution in [0, 0.1) is 0 Å². The summed E-state index contributed by atoms with van der Waals surface area (Å²) in [5, 5.41) is 23.8. The van der Waals surface area contributed by atoms with Crippen LogP contribution >= 0.6 is 0 Å². The lowest BCUT2D eigenvalue weighted by Crippen LogP contribution is -2.37. The van der Waals surface area contributed by atoms with Crippen LogP contribution in [0.2, 0.25) is 0 Å². The molecule has 3 heterocycles. The van der Waals surface area contributed by atoms with E-state index in [1.165, 1.54) is 0 Å². The van der Waals surface area contributed by atoms with E-state index in [1.54, 1.807) is 23.1 Å². The SMILES string of the molecule is O=C(c1nc2ccccc2nc1O)N1CCC[C@H]1Cc1nnn[nH]1. The van der Waals surface area contributed by atoms with E-state index in [0.29, 0.717) is 29.8 Å². The standard InChI is InChI=1S/C15H15N7O2/c23-14-13(16-10-5-1-2-6-11(10)17-14)15(24)22-7-3-4-9(22)8-12-18-20-21-19-12/h1-2,5-6,9H,3-4,7-8H2,(H,17,23)(H,18,19,20,21)/t9-/m0/s1. The first-order chi connectivity index (χ1) is 11.7. The summed E-state index contributed by atoms with van der Waals surface area (Å²) in [6.45, 7) is 0.610. The van der Waals surface area contributed by atoms with Gasteiger partial charge in [0.15, 0.2) is 11.5 Å². The molecular weight excluding hydrogens is 310 g/mol. The van der Waals surface area contributed by atoms with Crippen LogP contribution in [-0.2, 0) is 6.42 Å². The number of carbonyl (C=O) groups is 1. The molecule has 1 aromatic carbocycles. The Balaban J connectivity index is 1.63. The van der Waals surface area contributed by atoms with Crippen LogP contribution < -0.4 is 0 Å². The number of aromatic amines is 1. The summed E-state index contributed by atoms with van der Waals surface area (Å²) in [5.41, 5.74) is 1.11. The van der Waals surface area contributed by atoms with Gasteiger partial charge in [-0.3, -0.25) is 4.79 Å². The normalized spacial score (nSPS) is 17.5. The molecule has 0 bridgehead atoms. The number of tetrazole rings is 1. The van der Waals surface area contributed by atoms with Gasteiger partial charge in [0.25, 0.3) is 5.91 Å². The van der Waals surface area contributed by atoms with E-state index in [2.05, 4.69) is 30.6 Å². The van der Waals surface area contributed by atoms with Crippen molar-refractivity contribution in [2.24, 2.45) is 0 Å². The highest BCUT2D eigenvalue weighted by Gasteiger charge is 2.32. The number of hydrogen-bond acceptors (Lipinski definition) is 7. The highest BCUT2D eigenvalue weighted by molar-refractivity contribution is 5.96. The van der Waals surface area contributed by atoms with Gasteiger partial charge in [0, 0.05) is 19.0 Å². The zero-order valence-corrected chi connectivity index (χ0v) is 12.8. The molecule has 1 aliphatic rings. The van der Waals surface area contributed by atoms with E-state index in [-0.39, 0.29) is 23.5 Å². The van der Waals surface area contributed by atoms with Gasteiger partial charge in [-0.05, 0) is 35.4 Å². The lowest BCUT2D eigenvalue weighted by Gasteiger charge is -2.23.